The lowest BCUT2D eigenvalue weighted by atomic mass is 10.1. The fraction of sp³-hybridized carbons (Fsp3) is 0.286. The minimum Gasteiger partial charge on any atom is -0.394 e. The third kappa shape index (κ3) is 4.73. The summed E-state index contributed by atoms with van der Waals surface area (Å²) in [5.74, 6) is -0.574. The maximum atomic E-state index is 12.4. The number of aliphatic hydroxyl groups excluding tert-OH is 1. The molecule has 0 bridgehead atoms. The Bertz CT molecular complexity index is 688. The first-order valence-electron chi connectivity index (χ1n) is 6.55. The first-order chi connectivity index (χ1) is 10.8. The number of alkyl halides is 3. The number of aliphatic hydroxyl groups is 1. The highest BCUT2D eigenvalue weighted by Gasteiger charge is 2.29. The Kier molecular flexibility index (Phi) is 5.32. The molecule has 0 saturated heterocycles. The van der Waals surface area contributed by atoms with Crippen molar-refractivity contribution in [1.29, 1.82) is 0 Å². The number of nitrogens with one attached hydrogen (secondary N) is 1. The molecule has 0 saturated carbocycles. The highest BCUT2D eigenvalue weighted by atomic mass is 32.2. The van der Waals surface area contributed by atoms with Gasteiger partial charge in [-0.1, -0.05) is 6.07 Å². The van der Waals surface area contributed by atoms with E-state index in [-0.39, 0.29) is 28.8 Å². The normalized spacial score (nSPS) is 12.9. The van der Waals surface area contributed by atoms with Gasteiger partial charge in [0, 0.05) is 23.7 Å². The van der Waals surface area contributed by atoms with Gasteiger partial charge in [-0.15, -0.1) is 0 Å². The summed E-state index contributed by atoms with van der Waals surface area (Å²) < 4.78 is 38.7. The Labute approximate surface area is 134 Å². The van der Waals surface area contributed by atoms with Gasteiger partial charge in [0.1, 0.15) is 0 Å². The van der Waals surface area contributed by atoms with E-state index >= 15 is 0 Å². The standard InChI is InChI=1S/C14H14F3N3O2S/c1-20-12(5-6-18-20)11(8-21)19-13(22)9-3-2-4-10(7-9)23-14(15,16)17/h2-7,11,21H,8H2,1H3,(H,19,22). The molecule has 2 rings (SSSR count). The fourth-order valence-electron chi connectivity index (χ4n) is 2.02. The summed E-state index contributed by atoms with van der Waals surface area (Å²) in [6.45, 7) is -0.359. The van der Waals surface area contributed by atoms with E-state index < -0.39 is 17.5 Å². The molecule has 2 aromatic rings. The molecule has 0 aliphatic heterocycles. The Morgan fingerprint density at radius 1 is 1.43 bits per heavy atom. The zero-order valence-corrected chi connectivity index (χ0v) is 12.9. The number of aryl methyl sites for hydroxylation is 1. The van der Waals surface area contributed by atoms with Gasteiger partial charge < -0.3 is 10.4 Å². The van der Waals surface area contributed by atoms with Gasteiger partial charge in [0.05, 0.1) is 18.3 Å². The number of hydrogen-bond acceptors (Lipinski definition) is 4. The number of carbonyl (C=O) groups is 1. The molecular formula is C14H14F3N3O2S. The number of benzene rings is 1. The number of aromatic nitrogens is 2. The predicted octanol–water partition coefficient (Wildman–Crippen LogP) is 2.50. The van der Waals surface area contributed by atoms with Crippen molar-refractivity contribution in [3.8, 4) is 0 Å². The molecule has 1 amide bonds. The Morgan fingerprint density at radius 3 is 2.74 bits per heavy atom. The average Bonchev–Trinajstić information content (AvgIpc) is 2.89. The Balaban J connectivity index is 2.14. The first kappa shape index (κ1) is 17.4. The van der Waals surface area contributed by atoms with Crippen molar-refractivity contribution in [2.45, 2.75) is 16.4 Å². The van der Waals surface area contributed by atoms with Crippen LogP contribution in [-0.4, -0.2) is 32.9 Å². The minimum atomic E-state index is -4.42. The fourth-order valence-corrected chi connectivity index (χ4v) is 2.61. The SMILES string of the molecule is Cn1nccc1C(CO)NC(=O)c1cccc(SC(F)(F)F)c1. The van der Waals surface area contributed by atoms with E-state index in [0.717, 1.165) is 6.07 Å². The second kappa shape index (κ2) is 7.05. The smallest absolute Gasteiger partial charge is 0.394 e. The minimum absolute atomic E-state index is 0.0776. The van der Waals surface area contributed by atoms with E-state index in [0.29, 0.717) is 5.69 Å². The average molecular weight is 345 g/mol. The van der Waals surface area contributed by atoms with Crippen LogP contribution in [0.25, 0.3) is 0 Å². The molecule has 9 heteroatoms. The van der Waals surface area contributed by atoms with Gasteiger partial charge >= 0.3 is 5.51 Å². The molecule has 124 valence electrons. The van der Waals surface area contributed by atoms with Crippen LogP contribution in [0.2, 0.25) is 0 Å². The van der Waals surface area contributed by atoms with Crippen molar-refractivity contribution >= 4 is 17.7 Å². The van der Waals surface area contributed by atoms with Crippen LogP contribution in [0.5, 0.6) is 0 Å². The lowest BCUT2D eigenvalue weighted by Gasteiger charge is -2.17. The lowest BCUT2D eigenvalue weighted by molar-refractivity contribution is -0.0328. The molecule has 0 fully saturated rings. The van der Waals surface area contributed by atoms with E-state index in [2.05, 4.69) is 10.4 Å². The maximum Gasteiger partial charge on any atom is 0.446 e. The highest BCUT2D eigenvalue weighted by molar-refractivity contribution is 8.00. The molecule has 1 atom stereocenters. The van der Waals surface area contributed by atoms with Gasteiger partial charge in [-0.2, -0.15) is 18.3 Å². The quantitative estimate of drug-likeness (QED) is 0.817. The molecule has 0 aliphatic carbocycles. The molecule has 23 heavy (non-hydrogen) atoms. The number of rotatable bonds is 5. The van der Waals surface area contributed by atoms with Gasteiger partial charge in [-0.25, -0.2) is 0 Å². The van der Waals surface area contributed by atoms with Crippen LogP contribution in [-0.2, 0) is 7.05 Å². The van der Waals surface area contributed by atoms with Crippen molar-refractivity contribution in [1.82, 2.24) is 15.1 Å². The monoisotopic (exact) mass is 345 g/mol. The summed E-state index contributed by atoms with van der Waals surface area (Å²) in [5, 5.41) is 15.9. The van der Waals surface area contributed by atoms with E-state index in [1.807, 2.05) is 0 Å². The Morgan fingerprint density at radius 2 is 2.17 bits per heavy atom. The van der Waals surface area contributed by atoms with Gasteiger partial charge in [0.15, 0.2) is 0 Å². The number of halogens is 3. The molecule has 2 N–H and O–H groups in total. The summed E-state index contributed by atoms with van der Waals surface area (Å²) in [6, 6.07) is 6.16. The second-order valence-corrected chi connectivity index (χ2v) is 5.80. The van der Waals surface area contributed by atoms with Crippen molar-refractivity contribution in [3.05, 3.63) is 47.8 Å². The first-order valence-corrected chi connectivity index (χ1v) is 7.37. The van der Waals surface area contributed by atoms with Crippen LogP contribution < -0.4 is 5.32 Å². The molecule has 1 unspecified atom stereocenters. The van der Waals surface area contributed by atoms with Gasteiger partial charge in [0.25, 0.3) is 5.91 Å². The second-order valence-electron chi connectivity index (χ2n) is 4.66. The zero-order chi connectivity index (χ0) is 17.0. The summed E-state index contributed by atoms with van der Waals surface area (Å²) >= 11 is -0.286. The number of nitrogens with zero attached hydrogens (tertiary/aromatic N) is 2. The van der Waals surface area contributed by atoms with Gasteiger partial charge in [-0.05, 0) is 36.0 Å². The number of thioether (sulfide) groups is 1. The molecule has 5 nitrogen and oxygen atoms in total. The van der Waals surface area contributed by atoms with Gasteiger partial charge in [0.2, 0.25) is 0 Å². The third-order valence-corrected chi connectivity index (χ3v) is 3.75. The number of hydrogen-bond donors (Lipinski definition) is 2. The van der Waals surface area contributed by atoms with Crippen molar-refractivity contribution < 1.29 is 23.1 Å². The van der Waals surface area contributed by atoms with E-state index in [1.54, 1.807) is 13.1 Å². The largest absolute Gasteiger partial charge is 0.446 e. The van der Waals surface area contributed by atoms with Crippen LogP contribution in [0.15, 0.2) is 41.4 Å². The molecule has 0 aliphatic rings. The van der Waals surface area contributed by atoms with Crippen molar-refractivity contribution in [2.75, 3.05) is 6.61 Å². The van der Waals surface area contributed by atoms with Crippen LogP contribution in [0.3, 0.4) is 0 Å². The summed E-state index contributed by atoms with van der Waals surface area (Å²) in [5.41, 5.74) is -3.75. The van der Waals surface area contributed by atoms with Crippen LogP contribution in [0.1, 0.15) is 22.1 Å². The molecular weight excluding hydrogens is 331 g/mol. The molecule has 0 spiro atoms. The van der Waals surface area contributed by atoms with Crippen molar-refractivity contribution in [2.24, 2.45) is 7.05 Å². The summed E-state index contributed by atoms with van der Waals surface area (Å²) in [6.07, 6.45) is 1.52. The topological polar surface area (TPSA) is 67.2 Å². The molecule has 1 heterocycles. The van der Waals surface area contributed by atoms with Gasteiger partial charge in [-0.3, -0.25) is 9.48 Å². The molecule has 1 aromatic heterocycles. The van der Waals surface area contributed by atoms with Crippen LogP contribution >= 0.6 is 11.8 Å². The molecule has 0 radical (unpaired) electrons. The van der Waals surface area contributed by atoms with E-state index in [4.69, 9.17) is 0 Å². The predicted molar refractivity (Wildman–Crippen MR) is 78.9 cm³/mol. The third-order valence-electron chi connectivity index (χ3n) is 3.03. The van der Waals surface area contributed by atoms with Crippen LogP contribution in [0, 0.1) is 0 Å². The zero-order valence-electron chi connectivity index (χ0n) is 12.0. The van der Waals surface area contributed by atoms with Crippen LogP contribution in [0.4, 0.5) is 13.2 Å². The maximum absolute atomic E-state index is 12.4. The Hall–Kier alpha value is -2.00. The lowest BCUT2D eigenvalue weighted by Crippen LogP contribution is -2.32. The number of amides is 1. The van der Waals surface area contributed by atoms with Crippen molar-refractivity contribution in [3.63, 3.8) is 0 Å². The molecule has 1 aromatic carbocycles. The van der Waals surface area contributed by atoms with E-state index in [9.17, 15) is 23.1 Å². The highest BCUT2D eigenvalue weighted by Crippen LogP contribution is 2.36. The number of carbonyl (C=O) groups excluding carboxylic acids is 1. The summed E-state index contributed by atoms with van der Waals surface area (Å²) in [7, 11) is 1.66. The van der Waals surface area contributed by atoms with E-state index in [1.165, 1.54) is 29.1 Å². The summed E-state index contributed by atoms with van der Waals surface area (Å²) in [4.78, 5) is 12.1.